The van der Waals surface area contributed by atoms with E-state index in [2.05, 4.69) is 0 Å². The molecule has 1 aromatic rings. The van der Waals surface area contributed by atoms with Gasteiger partial charge in [-0.25, -0.2) is 8.78 Å². The van der Waals surface area contributed by atoms with E-state index in [0.717, 1.165) is 6.07 Å². The molecule has 0 bridgehead atoms. The summed E-state index contributed by atoms with van der Waals surface area (Å²) in [6, 6.07) is 2.58. The Morgan fingerprint density at radius 3 is 2.40 bits per heavy atom. The van der Waals surface area contributed by atoms with Gasteiger partial charge in [-0.15, -0.1) is 0 Å². The molecule has 15 heavy (non-hydrogen) atoms. The first-order valence-electron chi connectivity index (χ1n) is 4.75. The Kier molecular flexibility index (Phi) is 3.63. The quantitative estimate of drug-likeness (QED) is 0.833. The molecule has 1 atom stereocenters. The third-order valence-electron chi connectivity index (χ3n) is 2.12. The van der Waals surface area contributed by atoms with Gasteiger partial charge in [-0.05, 0) is 18.6 Å². The minimum absolute atomic E-state index is 0.205. The van der Waals surface area contributed by atoms with E-state index in [1.807, 2.05) is 0 Å². The van der Waals surface area contributed by atoms with Gasteiger partial charge in [-0.1, -0.05) is 6.07 Å². The second-order valence-corrected chi connectivity index (χ2v) is 3.82. The van der Waals surface area contributed by atoms with Gasteiger partial charge in [0.1, 0.15) is 0 Å². The van der Waals surface area contributed by atoms with Crippen molar-refractivity contribution in [3.05, 3.63) is 29.3 Å². The molecular weight excluding hydrogens is 200 g/mol. The summed E-state index contributed by atoms with van der Waals surface area (Å²) in [4.78, 5) is 1.51. The monoisotopic (exact) mass is 215 g/mol. The standard InChI is InChI=1S/C11H15F2NO/c1-7(15)6-8-4-5-9(12)10(13)11(8)14(2)3/h4-5,7,15H,6H2,1-3H3. The van der Waals surface area contributed by atoms with Crippen molar-refractivity contribution < 1.29 is 13.9 Å². The van der Waals surface area contributed by atoms with E-state index in [4.69, 9.17) is 0 Å². The Bertz CT molecular complexity index is 351. The predicted octanol–water partition coefficient (Wildman–Crippen LogP) is 1.95. The average Bonchev–Trinajstić information content (AvgIpc) is 2.10. The Labute approximate surface area is 88.1 Å². The van der Waals surface area contributed by atoms with Crippen molar-refractivity contribution in [1.82, 2.24) is 0 Å². The molecule has 0 aromatic heterocycles. The second kappa shape index (κ2) is 4.57. The third-order valence-corrected chi connectivity index (χ3v) is 2.12. The number of rotatable bonds is 3. The van der Waals surface area contributed by atoms with Crippen LogP contribution in [-0.2, 0) is 6.42 Å². The largest absolute Gasteiger partial charge is 0.393 e. The van der Waals surface area contributed by atoms with Crippen molar-refractivity contribution in [1.29, 1.82) is 0 Å². The number of hydrogen-bond donors (Lipinski definition) is 1. The summed E-state index contributed by atoms with van der Waals surface area (Å²) in [5.74, 6) is -1.73. The summed E-state index contributed by atoms with van der Waals surface area (Å²) in [5, 5.41) is 9.24. The molecule has 2 nitrogen and oxygen atoms in total. The van der Waals surface area contributed by atoms with Crippen LogP contribution in [0.3, 0.4) is 0 Å². The van der Waals surface area contributed by atoms with Gasteiger partial charge in [0.2, 0.25) is 0 Å². The van der Waals surface area contributed by atoms with Gasteiger partial charge in [0.15, 0.2) is 11.6 Å². The van der Waals surface area contributed by atoms with E-state index in [0.29, 0.717) is 12.0 Å². The molecule has 0 fully saturated rings. The number of hydrogen-bond acceptors (Lipinski definition) is 2. The van der Waals surface area contributed by atoms with Crippen molar-refractivity contribution in [3.63, 3.8) is 0 Å². The molecule has 1 aromatic carbocycles. The molecule has 0 saturated carbocycles. The van der Waals surface area contributed by atoms with Crippen LogP contribution in [0.4, 0.5) is 14.5 Å². The van der Waals surface area contributed by atoms with Gasteiger partial charge in [0.05, 0.1) is 11.8 Å². The molecule has 0 aliphatic heterocycles. The van der Waals surface area contributed by atoms with E-state index in [1.54, 1.807) is 21.0 Å². The van der Waals surface area contributed by atoms with Crippen molar-refractivity contribution in [2.24, 2.45) is 0 Å². The van der Waals surface area contributed by atoms with Crippen LogP contribution >= 0.6 is 0 Å². The molecule has 1 N–H and O–H groups in total. The van der Waals surface area contributed by atoms with Gasteiger partial charge >= 0.3 is 0 Å². The van der Waals surface area contributed by atoms with E-state index in [9.17, 15) is 13.9 Å². The Balaban J connectivity index is 3.21. The van der Waals surface area contributed by atoms with E-state index < -0.39 is 17.7 Å². The maximum Gasteiger partial charge on any atom is 0.182 e. The topological polar surface area (TPSA) is 23.5 Å². The molecular formula is C11H15F2NO. The van der Waals surface area contributed by atoms with Crippen LogP contribution in [0.25, 0.3) is 0 Å². The van der Waals surface area contributed by atoms with E-state index >= 15 is 0 Å². The van der Waals surface area contributed by atoms with Crippen LogP contribution in [0.1, 0.15) is 12.5 Å². The molecule has 0 spiro atoms. The Hall–Kier alpha value is -1.16. The summed E-state index contributed by atoms with van der Waals surface area (Å²) < 4.78 is 26.5. The Morgan fingerprint density at radius 1 is 1.33 bits per heavy atom. The number of aliphatic hydroxyl groups excluding tert-OH is 1. The lowest BCUT2D eigenvalue weighted by Gasteiger charge is -2.19. The minimum Gasteiger partial charge on any atom is -0.393 e. The summed E-state index contributed by atoms with van der Waals surface area (Å²) in [7, 11) is 3.28. The number of anilines is 1. The molecule has 0 saturated heterocycles. The zero-order valence-corrected chi connectivity index (χ0v) is 9.09. The third kappa shape index (κ3) is 2.65. The predicted molar refractivity (Wildman–Crippen MR) is 56.1 cm³/mol. The fourth-order valence-corrected chi connectivity index (χ4v) is 1.55. The normalized spacial score (nSPS) is 12.7. The van der Waals surface area contributed by atoms with E-state index in [1.165, 1.54) is 11.0 Å². The number of nitrogens with zero attached hydrogens (tertiary/aromatic N) is 1. The van der Waals surface area contributed by atoms with Crippen LogP contribution in [0.5, 0.6) is 0 Å². The lowest BCUT2D eigenvalue weighted by Crippen LogP contribution is -2.16. The van der Waals surface area contributed by atoms with Crippen molar-refractivity contribution in [2.45, 2.75) is 19.4 Å². The van der Waals surface area contributed by atoms with Crippen molar-refractivity contribution in [3.8, 4) is 0 Å². The van der Waals surface area contributed by atoms with Gasteiger partial charge < -0.3 is 10.0 Å². The van der Waals surface area contributed by atoms with Crippen LogP contribution in [0.15, 0.2) is 12.1 Å². The van der Waals surface area contributed by atoms with Crippen LogP contribution < -0.4 is 4.90 Å². The second-order valence-electron chi connectivity index (χ2n) is 3.82. The maximum atomic E-state index is 13.5. The van der Waals surface area contributed by atoms with Crippen LogP contribution in [0, 0.1) is 11.6 Å². The fourth-order valence-electron chi connectivity index (χ4n) is 1.55. The lowest BCUT2D eigenvalue weighted by atomic mass is 10.1. The fraction of sp³-hybridized carbons (Fsp3) is 0.455. The van der Waals surface area contributed by atoms with E-state index in [-0.39, 0.29) is 5.69 Å². The Morgan fingerprint density at radius 2 is 1.93 bits per heavy atom. The molecule has 0 aliphatic rings. The van der Waals surface area contributed by atoms with Crippen LogP contribution in [-0.4, -0.2) is 25.3 Å². The summed E-state index contributed by atoms with van der Waals surface area (Å²) >= 11 is 0. The highest BCUT2D eigenvalue weighted by Crippen LogP contribution is 2.26. The van der Waals surface area contributed by atoms with Crippen molar-refractivity contribution >= 4 is 5.69 Å². The SMILES string of the molecule is CC(O)Cc1ccc(F)c(F)c1N(C)C. The van der Waals surface area contributed by atoms with Gasteiger partial charge in [-0.2, -0.15) is 0 Å². The molecule has 84 valence electrons. The number of halogens is 2. The van der Waals surface area contributed by atoms with Gasteiger partial charge in [0.25, 0.3) is 0 Å². The zero-order chi connectivity index (χ0) is 11.6. The zero-order valence-electron chi connectivity index (χ0n) is 9.09. The minimum atomic E-state index is -0.868. The molecule has 0 amide bonds. The molecule has 0 radical (unpaired) electrons. The summed E-state index contributed by atoms with van der Waals surface area (Å²) in [6.45, 7) is 1.61. The maximum absolute atomic E-state index is 13.5. The highest BCUT2D eigenvalue weighted by Gasteiger charge is 2.16. The first-order valence-corrected chi connectivity index (χ1v) is 4.75. The molecule has 4 heteroatoms. The first-order chi connectivity index (χ1) is 6.93. The first kappa shape index (κ1) is 11.9. The molecule has 1 unspecified atom stereocenters. The smallest absolute Gasteiger partial charge is 0.182 e. The number of aliphatic hydroxyl groups is 1. The number of benzene rings is 1. The van der Waals surface area contributed by atoms with Crippen molar-refractivity contribution in [2.75, 3.05) is 19.0 Å². The van der Waals surface area contributed by atoms with Crippen LogP contribution in [0.2, 0.25) is 0 Å². The average molecular weight is 215 g/mol. The summed E-state index contributed by atoms with van der Waals surface area (Å²) in [5.41, 5.74) is 0.810. The molecule has 0 aliphatic carbocycles. The summed E-state index contributed by atoms with van der Waals surface area (Å²) in [6.07, 6.45) is -0.265. The van der Waals surface area contributed by atoms with Gasteiger partial charge in [-0.3, -0.25) is 0 Å². The van der Waals surface area contributed by atoms with Gasteiger partial charge in [0, 0.05) is 20.5 Å². The lowest BCUT2D eigenvalue weighted by molar-refractivity contribution is 0.195. The highest BCUT2D eigenvalue weighted by molar-refractivity contribution is 5.54. The molecule has 0 heterocycles. The molecule has 1 rings (SSSR count). The highest BCUT2D eigenvalue weighted by atomic mass is 19.2.